The van der Waals surface area contributed by atoms with Crippen molar-refractivity contribution in [3.8, 4) is 0 Å². The van der Waals surface area contributed by atoms with Crippen molar-refractivity contribution in [3.05, 3.63) is 52.1 Å². The molecule has 4 N–H and O–H groups in total. The molecule has 0 atom stereocenters. The fraction of sp³-hybridized carbons (Fsp3) is 0.348. The minimum atomic E-state index is -4.95. The molecule has 0 unspecified atom stereocenters. The SMILES string of the molecule is CCc1cc(S(C)(=O)=O)c(C(F)(F)F)cc1C(=O)N=C(N)N.CCc1cc(S(C)(=O)=O)c(S(C)(=O)=O)cc1C(=O)Cl. The second kappa shape index (κ2) is 12.9. The molecule has 0 bridgehead atoms. The van der Waals surface area contributed by atoms with E-state index in [-0.39, 0.29) is 22.4 Å². The van der Waals surface area contributed by atoms with Crippen LogP contribution in [0, 0.1) is 0 Å². The summed E-state index contributed by atoms with van der Waals surface area (Å²) < 4.78 is 109. The average Bonchev–Trinajstić information content (AvgIpc) is 2.79. The number of rotatable bonds is 7. The Bertz CT molecular complexity index is 1730. The summed E-state index contributed by atoms with van der Waals surface area (Å²) in [5, 5.41) is -0.818. The first-order valence-corrected chi connectivity index (χ1v) is 17.3. The number of sulfone groups is 3. The Hall–Kier alpha value is -3.02. The van der Waals surface area contributed by atoms with Crippen LogP contribution in [0.4, 0.5) is 13.2 Å². The maximum absolute atomic E-state index is 13.1. The van der Waals surface area contributed by atoms with Crippen molar-refractivity contribution in [2.45, 2.75) is 47.6 Å². The zero-order valence-corrected chi connectivity index (χ0v) is 25.5. The lowest BCUT2D eigenvalue weighted by molar-refractivity contribution is -0.139. The molecule has 0 aliphatic carbocycles. The number of carbonyl (C=O) groups is 2. The van der Waals surface area contributed by atoms with E-state index in [0.717, 1.165) is 24.6 Å². The Morgan fingerprint density at radius 2 is 1.15 bits per heavy atom. The molecule has 0 fully saturated rings. The first kappa shape index (κ1) is 36.0. The number of amides is 1. The molecule has 1 amide bonds. The summed E-state index contributed by atoms with van der Waals surface area (Å²) in [5.41, 5.74) is 8.75. The molecule has 0 spiro atoms. The van der Waals surface area contributed by atoms with Crippen molar-refractivity contribution in [3.63, 3.8) is 0 Å². The van der Waals surface area contributed by atoms with Crippen LogP contribution in [-0.2, 0) is 48.5 Å². The van der Waals surface area contributed by atoms with Crippen molar-refractivity contribution in [2.24, 2.45) is 16.5 Å². The number of carbonyl (C=O) groups excluding carboxylic acids is 2. The van der Waals surface area contributed by atoms with Gasteiger partial charge in [0.1, 0.15) is 0 Å². The van der Waals surface area contributed by atoms with E-state index in [9.17, 15) is 48.0 Å². The lowest BCUT2D eigenvalue weighted by Crippen LogP contribution is -2.24. The maximum Gasteiger partial charge on any atom is 0.417 e. The largest absolute Gasteiger partial charge is 0.417 e. The van der Waals surface area contributed by atoms with Gasteiger partial charge >= 0.3 is 6.18 Å². The van der Waals surface area contributed by atoms with Gasteiger partial charge in [0.05, 0.1) is 20.2 Å². The van der Waals surface area contributed by atoms with Crippen LogP contribution < -0.4 is 11.5 Å². The molecule has 0 aromatic heterocycles. The highest BCUT2D eigenvalue weighted by Gasteiger charge is 2.37. The quantitative estimate of drug-likeness (QED) is 0.252. The van der Waals surface area contributed by atoms with Gasteiger partial charge in [0, 0.05) is 29.9 Å². The van der Waals surface area contributed by atoms with Crippen LogP contribution in [0.1, 0.15) is 51.3 Å². The van der Waals surface area contributed by atoms with Gasteiger partial charge in [-0.2, -0.15) is 18.2 Å². The Balaban J connectivity index is 0.000000414. The molecular formula is C23H27ClF3N3O8S3. The van der Waals surface area contributed by atoms with Gasteiger partial charge in [0.2, 0.25) is 0 Å². The number of nitrogens with two attached hydrogens (primary N) is 2. The van der Waals surface area contributed by atoms with Gasteiger partial charge in [0.15, 0.2) is 35.5 Å². The van der Waals surface area contributed by atoms with Gasteiger partial charge in [-0.15, -0.1) is 0 Å². The Labute approximate surface area is 240 Å². The van der Waals surface area contributed by atoms with Crippen LogP contribution in [0.5, 0.6) is 0 Å². The minimum Gasteiger partial charge on any atom is -0.370 e. The number of guanidine groups is 1. The molecule has 0 aliphatic rings. The van der Waals surface area contributed by atoms with E-state index in [4.69, 9.17) is 23.1 Å². The zero-order valence-electron chi connectivity index (χ0n) is 22.3. The normalized spacial score (nSPS) is 12.2. The van der Waals surface area contributed by atoms with Crippen molar-refractivity contribution in [1.82, 2.24) is 0 Å². The molecule has 18 heteroatoms. The number of halogens is 4. The van der Waals surface area contributed by atoms with Crippen LogP contribution >= 0.6 is 11.6 Å². The van der Waals surface area contributed by atoms with Gasteiger partial charge in [-0.1, -0.05) is 13.8 Å². The average molecular weight is 662 g/mol. The molecule has 0 heterocycles. The van der Waals surface area contributed by atoms with E-state index >= 15 is 0 Å². The molecule has 2 aromatic carbocycles. The van der Waals surface area contributed by atoms with Crippen molar-refractivity contribution in [2.75, 3.05) is 18.8 Å². The second-order valence-electron chi connectivity index (χ2n) is 8.60. The molecule has 0 radical (unpaired) electrons. The standard InChI is InChI=1S/C12H14F3N3O3S.C11H13ClO5S2/c1-3-6-4-9(22(2,20)21)8(12(13,14)15)5-7(6)10(19)18-11(16)17;1-4-7-5-9(18(2,14)15)10(19(3,16)17)6-8(7)11(12)13/h4-5H,3H2,1-2H3,(H4,16,17,18,19);5-6H,4H2,1-3H3. The van der Waals surface area contributed by atoms with Crippen molar-refractivity contribution >= 4 is 58.2 Å². The first-order valence-electron chi connectivity index (χ1n) is 11.2. The van der Waals surface area contributed by atoms with E-state index in [1.165, 1.54) is 6.07 Å². The zero-order chi connectivity index (χ0) is 32.3. The molecule has 2 rings (SSSR count). The monoisotopic (exact) mass is 661 g/mol. The lowest BCUT2D eigenvalue weighted by atomic mass is 10.0. The number of alkyl halides is 3. The highest BCUT2D eigenvalue weighted by molar-refractivity contribution is 7.93. The number of nitrogens with zero attached hydrogens (tertiary/aromatic N) is 1. The van der Waals surface area contributed by atoms with E-state index in [1.54, 1.807) is 13.8 Å². The maximum atomic E-state index is 13.1. The molecule has 2 aromatic rings. The summed E-state index contributed by atoms with van der Waals surface area (Å²) in [7, 11) is -11.6. The van der Waals surface area contributed by atoms with Gasteiger partial charge < -0.3 is 11.5 Å². The summed E-state index contributed by atoms with van der Waals surface area (Å²) in [4.78, 5) is 24.7. The number of hydrogen-bond donors (Lipinski definition) is 2. The molecule has 0 aliphatic heterocycles. The summed E-state index contributed by atoms with van der Waals surface area (Å²) in [6.07, 6.45) is -2.00. The second-order valence-corrected chi connectivity index (χ2v) is 14.9. The smallest absolute Gasteiger partial charge is 0.370 e. The van der Waals surface area contributed by atoms with Gasteiger partial charge in [0.25, 0.3) is 11.1 Å². The summed E-state index contributed by atoms with van der Waals surface area (Å²) in [5.74, 6) is -1.67. The Morgan fingerprint density at radius 1 is 0.756 bits per heavy atom. The van der Waals surface area contributed by atoms with E-state index in [0.29, 0.717) is 24.3 Å². The van der Waals surface area contributed by atoms with E-state index in [1.807, 2.05) is 0 Å². The summed E-state index contributed by atoms with van der Waals surface area (Å²) in [6.45, 7) is 3.27. The van der Waals surface area contributed by atoms with Crippen LogP contribution in [0.15, 0.2) is 43.9 Å². The fourth-order valence-electron chi connectivity index (χ4n) is 3.48. The third-order valence-electron chi connectivity index (χ3n) is 5.31. The van der Waals surface area contributed by atoms with Crippen molar-refractivity contribution < 1.29 is 48.0 Å². The number of hydrogen-bond acceptors (Lipinski definition) is 8. The lowest BCUT2D eigenvalue weighted by Gasteiger charge is -2.15. The molecular weight excluding hydrogens is 635 g/mol. The Kier molecular flexibility index (Phi) is 11.3. The topological polar surface area (TPSA) is 201 Å². The van der Waals surface area contributed by atoms with Gasteiger partial charge in [-0.3, -0.25) is 9.59 Å². The third kappa shape index (κ3) is 9.51. The number of benzene rings is 2. The van der Waals surface area contributed by atoms with E-state index < -0.39 is 73.7 Å². The molecule has 11 nitrogen and oxygen atoms in total. The van der Waals surface area contributed by atoms with Crippen molar-refractivity contribution in [1.29, 1.82) is 0 Å². The van der Waals surface area contributed by atoms with Gasteiger partial charge in [-0.05, 0) is 59.8 Å². The first-order chi connectivity index (χ1) is 18.4. The minimum absolute atomic E-state index is 0.0111. The third-order valence-corrected chi connectivity index (χ3v) is 9.06. The molecule has 0 saturated heterocycles. The van der Waals surface area contributed by atoms with Crippen LogP contribution in [0.3, 0.4) is 0 Å². The highest BCUT2D eigenvalue weighted by Crippen LogP contribution is 2.36. The predicted molar refractivity (Wildman–Crippen MR) is 146 cm³/mol. The van der Waals surface area contributed by atoms with Crippen LogP contribution in [-0.4, -0.2) is 61.1 Å². The predicted octanol–water partition coefficient (Wildman–Crippen LogP) is 2.52. The summed E-state index contributed by atoms with van der Waals surface area (Å²) >= 11 is 5.39. The number of aliphatic imine (C=N–C) groups is 1. The highest BCUT2D eigenvalue weighted by atomic mass is 35.5. The van der Waals surface area contributed by atoms with Crippen LogP contribution in [0.25, 0.3) is 0 Å². The summed E-state index contributed by atoms with van der Waals surface area (Å²) in [6, 6.07) is 3.51. The van der Waals surface area contributed by atoms with E-state index in [2.05, 4.69) is 4.99 Å². The van der Waals surface area contributed by atoms with Gasteiger partial charge in [-0.25, -0.2) is 25.3 Å². The number of aryl methyl sites for hydroxylation is 2. The fourth-order valence-corrected chi connectivity index (χ4v) is 7.03. The Morgan fingerprint density at radius 3 is 1.49 bits per heavy atom. The van der Waals surface area contributed by atoms with Crippen LogP contribution in [0.2, 0.25) is 0 Å². The molecule has 228 valence electrons. The molecule has 0 saturated carbocycles. The molecule has 41 heavy (non-hydrogen) atoms.